The third-order valence-electron chi connectivity index (χ3n) is 5.72. The highest BCUT2D eigenvalue weighted by Crippen LogP contribution is 2.32. The molecule has 3 heterocycles. The minimum atomic E-state index is -0.0265. The lowest BCUT2D eigenvalue weighted by Crippen LogP contribution is -2.42. The first-order chi connectivity index (χ1) is 15.1. The zero-order chi connectivity index (χ0) is 21.8. The molecule has 31 heavy (non-hydrogen) atoms. The number of benzene rings is 1. The summed E-state index contributed by atoms with van der Waals surface area (Å²) in [6.45, 7) is 4.54. The highest BCUT2D eigenvalue weighted by Gasteiger charge is 2.26. The van der Waals surface area contributed by atoms with Crippen LogP contribution in [-0.2, 0) is 25.9 Å². The first kappa shape index (κ1) is 21.4. The number of nitrogens with one attached hydrogen (secondary N) is 1. The van der Waals surface area contributed by atoms with Crippen molar-refractivity contribution in [3.05, 3.63) is 57.0 Å². The van der Waals surface area contributed by atoms with Crippen molar-refractivity contribution in [2.75, 3.05) is 20.2 Å². The molecule has 7 nitrogen and oxygen atoms in total. The Morgan fingerprint density at radius 2 is 2.10 bits per heavy atom. The van der Waals surface area contributed by atoms with Gasteiger partial charge in [0.15, 0.2) is 0 Å². The standard InChI is InChI=1S/C23H28N4O3S/c1-3-4-11-24-23(29)26-13-10-18-19(14-26)31-21-20(18)22(28)27(15-25-21)12-9-16-5-7-17(30-2)8-6-16/h5-8,15H,3-4,9-14H2,1-2H3,(H,24,29). The predicted molar refractivity (Wildman–Crippen MR) is 123 cm³/mol. The maximum atomic E-state index is 13.2. The van der Waals surface area contributed by atoms with Crippen molar-refractivity contribution in [2.45, 2.75) is 45.7 Å². The SMILES string of the molecule is CCCCNC(=O)N1CCc2c(sc3ncn(CCc4ccc(OC)cc4)c(=O)c23)C1. The minimum Gasteiger partial charge on any atom is -0.497 e. The molecule has 2 amide bonds. The summed E-state index contributed by atoms with van der Waals surface area (Å²) in [5, 5.41) is 3.71. The maximum Gasteiger partial charge on any atom is 0.317 e. The third kappa shape index (κ3) is 4.58. The van der Waals surface area contributed by atoms with E-state index in [1.807, 2.05) is 29.2 Å². The molecule has 2 aromatic heterocycles. The number of carbonyl (C=O) groups is 1. The number of ether oxygens (including phenoxy) is 1. The van der Waals surface area contributed by atoms with Gasteiger partial charge in [0.2, 0.25) is 0 Å². The van der Waals surface area contributed by atoms with Crippen LogP contribution in [-0.4, -0.2) is 40.7 Å². The number of nitrogens with zero attached hydrogens (tertiary/aromatic N) is 3. The van der Waals surface area contributed by atoms with Crippen LogP contribution >= 0.6 is 11.3 Å². The molecular formula is C23H28N4O3S. The summed E-state index contributed by atoms with van der Waals surface area (Å²) in [6, 6.07) is 7.87. The molecule has 0 radical (unpaired) electrons. The Labute approximate surface area is 185 Å². The summed E-state index contributed by atoms with van der Waals surface area (Å²) in [7, 11) is 1.65. The van der Waals surface area contributed by atoms with Gasteiger partial charge in [-0.1, -0.05) is 25.5 Å². The first-order valence-corrected chi connectivity index (χ1v) is 11.6. The lowest BCUT2D eigenvalue weighted by atomic mass is 10.1. The van der Waals surface area contributed by atoms with Gasteiger partial charge in [0, 0.05) is 24.5 Å². The molecule has 1 aliphatic heterocycles. The molecule has 0 saturated carbocycles. The smallest absolute Gasteiger partial charge is 0.317 e. The molecule has 0 saturated heterocycles. The van der Waals surface area contributed by atoms with Crippen molar-refractivity contribution in [2.24, 2.45) is 0 Å². The van der Waals surface area contributed by atoms with E-state index in [1.165, 1.54) is 11.3 Å². The van der Waals surface area contributed by atoms with Crippen molar-refractivity contribution in [3.63, 3.8) is 0 Å². The zero-order valence-electron chi connectivity index (χ0n) is 18.0. The molecule has 0 spiro atoms. The molecule has 0 aliphatic carbocycles. The van der Waals surface area contributed by atoms with Gasteiger partial charge < -0.3 is 15.0 Å². The van der Waals surface area contributed by atoms with Crippen LogP contribution in [0.4, 0.5) is 4.79 Å². The molecular weight excluding hydrogens is 412 g/mol. The fourth-order valence-electron chi connectivity index (χ4n) is 3.88. The Morgan fingerprint density at radius 1 is 1.29 bits per heavy atom. The van der Waals surface area contributed by atoms with Crippen molar-refractivity contribution >= 4 is 27.6 Å². The van der Waals surface area contributed by atoms with Crippen LogP contribution in [0.15, 0.2) is 35.4 Å². The van der Waals surface area contributed by atoms with Crippen molar-refractivity contribution in [1.29, 1.82) is 0 Å². The molecule has 0 bridgehead atoms. The van der Waals surface area contributed by atoms with Crippen LogP contribution in [0.25, 0.3) is 10.2 Å². The summed E-state index contributed by atoms with van der Waals surface area (Å²) in [5.41, 5.74) is 2.22. The largest absolute Gasteiger partial charge is 0.497 e. The Kier molecular flexibility index (Phi) is 6.56. The first-order valence-electron chi connectivity index (χ1n) is 10.8. The van der Waals surface area contributed by atoms with Crippen molar-refractivity contribution < 1.29 is 9.53 Å². The summed E-state index contributed by atoms with van der Waals surface area (Å²) < 4.78 is 6.90. The molecule has 0 unspecified atom stereocenters. The predicted octanol–water partition coefficient (Wildman–Crippen LogP) is 3.58. The second-order valence-corrected chi connectivity index (χ2v) is 8.87. The van der Waals surface area contributed by atoms with E-state index in [4.69, 9.17) is 4.74 Å². The lowest BCUT2D eigenvalue weighted by molar-refractivity contribution is 0.193. The minimum absolute atomic E-state index is 0.0110. The molecule has 8 heteroatoms. The van der Waals surface area contributed by atoms with Crippen molar-refractivity contribution in [3.8, 4) is 5.75 Å². The molecule has 1 aliphatic rings. The fraction of sp³-hybridized carbons (Fsp3) is 0.435. The highest BCUT2D eigenvalue weighted by molar-refractivity contribution is 7.18. The quantitative estimate of drug-likeness (QED) is 0.570. The lowest BCUT2D eigenvalue weighted by Gasteiger charge is -2.27. The molecule has 1 aromatic carbocycles. The third-order valence-corrected chi connectivity index (χ3v) is 6.85. The number of aryl methyl sites for hydroxylation is 2. The van der Waals surface area contributed by atoms with Gasteiger partial charge in [-0.05, 0) is 42.5 Å². The van der Waals surface area contributed by atoms with Crippen LogP contribution in [0, 0.1) is 0 Å². The van der Waals surface area contributed by atoms with E-state index in [0.717, 1.165) is 51.2 Å². The van der Waals surface area contributed by atoms with Crippen LogP contribution in [0.5, 0.6) is 5.75 Å². The average Bonchev–Trinajstić information content (AvgIpc) is 3.17. The van der Waals surface area contributed by atoms with Gasteiger partial charge in [-0.3, -0.25) is 9.36 Å². The Balaban J connectivity index is 1.50. The number of carbonyl (C=O) groups excluding carboxylic acids is 1. The number of hydrogen-bond acceptors (Lipinski definition) is 5. The Bertz CT molecular complexity index is 1120. The molecule has 164 valence electrons. The Hall–Kier alpha value is -2.87. The van der Waals surface area contributed by atoms with E-state index < -0.39 is 0 Å². The highest BCUT2D eigenvalue weighted by atomic mass is 32.1. The van der Waals surface area contributed by atoms with Gasteiger partial charge in [-0.25, -0.2) is 9.78 Å². The van der Waals surface area contributed by atoms with Crippen LogP contribution in [0.1, 0.15) is 35.8 Å². The number of fused-ring (bicyclic) bond motifs is 3. The fourth-order valence-corrected chi connectivity index (χ4v) is 5.07. The second kappa shape index (κ2) is 9.51. The molecule has 1 N–H and O–H groups in total. The second-order valence-electron chi connectivity index (χ2n) is 7.78. The van der Waals surface area contributed by atoms with E-state index in [-0.39, 0.29) is 11.6 Å². The Morgan fingerprint density at radius 3 is 2.84 bits per heavy atom. The maximum absolute atomic E-state index is 13.2. The number of thiophene rings is 1. The monoisotopic (exact) mass is 440 g/mol. The van der Waals surface area contributed by atoms with E-state index in [9.17, 15) is 9.59 Å². The molecule has 0 fully saturated rings. The number of urea groups is 1. The number of hydrogen-bond donors (Lipinski definition) is 1. The van der Waals surface area contributed by atoms with Gasteiger partial charge in [-0.15, -0.1) is 11.3 Å². The van der Waals surface area contributed by atoms with E-state index in [1.54, 1.807) is 18.0 Å². The van der Waals surface area contributed by atoms with Crippen molar-refractivity contribution in [1.82, 2.24) is 19.8 Å². The van der Waals surface area contributed by atoms with E-state index in [2.05, 4.69) is 17.2 Å². The summed E-state index contributed by atoms with van der Waals surface area (Å²) >= 11 is 1.53. The number of rotatable bonds is 7. The van der Waals surface area contributed by atoms with Gasteiger partial charge >= 0.3 is 6.03 Å². The van der Waals surface area contributed by atoms with Crippen LogP contribution < -0.4 is 15.6 Å². The number of aromatic nitrogens is 2. The van der Waals surface area contributed by atoms with Gasteiger partial charge in [0.1, 0.15) is 10.6 Å². The molecule has 3 aromatic rings. The number of unbranched alkanes of at least 4 members (excludes halogenated alkanes) is 1. The number of amides is 2. The van der Waals surface area contributed by atoms with E-state index in [0.29, 0.717) is 32.6 Å². The molecule has 4 rings (SSSR count). The van der Waals surface area contributed by atoms with Crippen LogP contribution in [0.3, 0.4) is 0 Å². The summed E-state index contributed by atoms with van der Waals surface area (Å²) in [6.07, 6.45) is 5.11. The van der Waals surface area contributed by atoms with Gasteiger partial charge in [-0.2, -0.15) is 0 Å². The number of methoxy groups -OCH3 is 1. The van der Waals surface area contributed by atoms with Gasteiger partial charge in [0.25, 0.3) is 5.56 Å². The molecule has 0 atom stereocenters. The van der Waals surface area contributed by atoms with Gasteiger partial charge in [0.05, 0.1) is 25.4 Å². The topological polar surface area (TPSA) is 76.5 Å². The average molecular weight is 441 g/mol. The summed E-state index contributed by atoms with van der Waals surface area (Å²) in [4.78, 5) is 33.8. The summed E-state index contributed by atoms with van der Waals surface area (Å²) in [5.74, 6) is 0.821. The van der Waals surface area contributed by atoms with E-state index >= 15 is 0 Å². The van der Waals surface area contributed by atoms with Crippen LogP contribution in [0.2, 0.25) is 0 Å². The normalized spacial score (nSPS) is 13.3. The zero-order valence-corrected chi connectivity index (χ0v) is 18.8.